The highest BCUT2D eigenvalue weighted by Crippen LogP contribution is 2.35. The fraction of sp³-hybridized carbons (Fsp3) is 0.389. The van der Waals surface area contributed by atoms with Gasteiger partial charge in [0.25, 0.3) is 5.91 Å². The predicted octanol–water partition coefficient (Wildman–Crippen LogP) is 2.05. The Labute approximate surface area is 149 Å². The van der Waals surface area contributed by atoms with Gasteiger partial charge in [-0.2, -0.15) is 0 Å². The smallest absolute Gasteiger partial charge is 0.308 e. The van der Waals surface area contributed by atoms with Crippen molar-refractivity contribution in [1.82, 2.24) is 9.88 Å². The monoisotopic (exact) mass is 358 g/mol. The van der Waals surface area contributed by atoms with Gasteiger partial charge >= 0.3 is 5.97 Å². The summed E-state index contributed by atoms with van der Waals surface area (Å²) in [6, 6.07) is 5.30. The van der Waals surface area contributed by atoms with E-state index in [2.05, 4.69) is 4.98 Å². The van der Waals surface area contributed by atoms with Crippen molar-refractivity contribution in [3.8, 4) is 22.8 Å². The molecular formula is C18H18N2O6. The number of carbonyl (C=O) groups is 2. The van der Waals surface area contributed by atoms with Crippen molar-refractivity contribution in [3.63, 3.8) is 0 Å². The lowest BCUT2D eigenvalue weighted by molar-refractivity contribution is -0.143. The lowest BCUT2D eigenvalue weighted by Gasteiger charge is -2.30. The Morgan fingerprint density at radius 3 is 2.81 bits per heavy atom. The summed E-state index contributed by atoms with van der Waals surface area (Å²) in [5, 5.41) is 9.22. The Hall–Kier alpha value is -3.03. The molecule has 0 spiro atoms. The second kappa shape index (κ2) is 6.70. The molecule has 0 aliphatic carbocycles. The molecule has 8 nitrogen and oxygen atoms in total. The van der Waals surface area contributed by atoms with Gasteiger partial charge in [0.15, 0.2) is 29.3 Å². The van der Waals surface area contributed by atoms with Gasteiger partial charge in [0, 0.05) is 18.7 Å². The third kappa shape index (κ3) is 2.98. The molecule has 8 heteroatoms. The van der Waals surface area contributed by atoms with Crippen LogP contribution in [0.1, 0.15) is 23.3 Å². The third-order valence-electron chi connectivity index (χ3n) is 4.63. The maximum absolute atomic E-state index is 12.9. The maximum Gasteiger partial charge on any atom is 0.308 e. The second-order valence-electron chi connectivity index (χ2n) is 6.32. The van der Waals surface area contributed by atoms with Crippen LogP contribution in [0.15, 0.2) is 29.0 Å². The molecule has 136 valence electrons. The van der Waals surface area contributed by atoms with Gasteiger partial charge in [-0.05, 0) is 31.0 Å². The Morgan fingerprint density at radius 1 is 1.19 bits per heavy atom. The maximum atomic E-state index is 12.9. The Bertz CT molecular complexity index is 846. The zero-order chi connectivity index (χ0) is 18.1. The van der Waals surface area contributed by atoms with E-state index in [1.165, 1.54) is 11.3 Å². The van der Waals surface area contributed by atoms with Crippen molar-refractivity contribution in [2.24, 2.45) is 5.92 Å². The van der Waals surface area contributed by atoms with Crippen LogP contribution in [0.5, 0.6) is 11.5 Å². The number of nitrogens with zero attached hydrogens (tertiary/aromatic N) is 2. The van der Waals surface area contributed by atoms with Crippen molar-refractivity contribution >= 4 is 11.9 Å². The van der Waals surface area contributed by atoms with Gasteiger partial charge < -0.3 is 23.9 Å². The van der Waals surface area contributed by atoms with Crippen LogP contribution in [-0.2, 0) is 4.79 Å². The van der Waals surface area contributed by atoms with E-state index in [0.717, 1.165) is 0 Å². The summed E-state index contributed by atoms with van der Waals surface area (Å²) >= 11 is 0. The van der Waals surface area contributed by atoms with Crippen LogP contribution in [0.4, 0.5) is 0 Å². The van der Waals surface area contributed by atoms with Gasteiger partial charge in [0.05, 0.1) is 5.92 Å². The molecule has 1 fully saturated rings. The average Bonchev–Trinajstić information content (AvgIpc) is 3.17. The molecule has 26 heavy (non-hydrogen) atoms. The number of carbonyl (C=O) groups excluding carboxylic acids is 1. The van der Waals surface area contributed by atoms with Crippen molar-refractivity contribution < 1.29 is 28.6 Å². The molecule has 2 aliphatic rings. The molecule has 0 radical (unpaired) electrons. The van der Waals surface area contributed by atoms with Gasteiger partial charge in [-0.3, -0.25) is 9.59 Å². The first-order chi connectivity index (χ1) is 12.6. The number of rotatable bonds is 3. The molecule has 2 aromatic rings. The van der Waals surface area contributed by atoms with Crippen LogP contribution in [0.25, 0.3) is 11.3 Å². The van der Waals surface area contributed by atoms with E-state index >= 15 is 0 Å². The number of piperidine rings is 1. The highest BCUT2D eigenvalue weighted by molar-refractivity contribution is 5.98. The standard InChI is InChI=1S/C18H18N2O6/c21-17(20-5-1-2-12(9-20)18(22)23)15-16(26-10-19-15)11-3-4-13-14(8-11)25-7-6-24-13/h3-4,8,10,12H,1-2,5-7,9H2,(H,22,23). The number of amides is 1. The van der Waals surface area contributed by atoms with Crippen LogP contribution in [0.2, 0.25) is 0 Å². The number of ether oxygens (including phenoxy) is 2. The number of likely N-dealkylation sites (tertiary alicyclic amines) is 1. The van der Waals surface area contributed by atoms with E-state index in [0.29, 0.717) is 55.4 Å². The summed E-state index contributed by atoms with van der Waals surface area (Å²) in [4.78, 5) is 29.7. The van der Waals surface area contributed by atoms with Crippen molar-refractivity contribution in [2.75, 3.05) is 26.3 Å². The number of hydrogen-bond donors (Lipinski definition) is 1. The summed E-state index contributed by atoms with van der Waals surface area (Å²) < 4.78 is 16.5. The zero-order valence-corrected chi connectivity index (χ0v) is 14.0. The number of carboxylic acid groups (broad SMARTS) is 1. The summed E-state index contributed by atoms with van der Waals surface area (Å²) in [7, 11) is 0. The Morgan fingerprint density at radius 2 is 2.00 bits per heavy atom. The van der Waals surface area contributed by atoms with Crippen LogP contribution in [0, 0.1) is 5.92 Å². The fourth-order valence-corrected chi connectivity index (χ4v) is 3.30. The molecule has 1 N–H and O–H groups in total. The third-order valence-corrected chi connectivity index (χ3v) is 4.63. The highest BCUT2D eigenvalue weighted by atomic mass is 16.6. The van der Waals surface area contributed by atoms with E-state index in [4.69, 9.17) is 13.9 Å². The van der Waals surface area contributed by atoms with Crippen molar-refractivity contribution in [1.29, 1.82) is 0 Å². The van der Waals surface area contributed by atoms with E-state index < -0.39 is 11.9 Å². The number of carboxylic acids is 1. The molecule has 4 rings (SSSR count). The number of fused-ring (bicyclic) bond motifs is 1. The predicted molar refractivity (Wildman–Crippen MR) is 89.2 cm³/mol. The van der Waals surface area contributed by atoms with E-state index in [1.807, 2.05) is 0 Å². The lowest BCUT2D eigenvalue weighted by Crippen LogP contribution is -2.42. The minimum atomic E-state index is -0.880. The van der Waals surface area contributed by atoms with E-state index in [9.17, 15) is 14.7 Å². The first-order valence-electron chi connectivity index (χ1n) is 8.49. The number of oxazole rings is 1. The summed E-state index contributed by atoms with van der Waals surface area (Å²) in [5.41, 5.74) is 0.828. The molecular weight excluding hydrogens is 340 g/mol. The minimum Gasteiger partial charge on any atom is -0.486 e. The molecule has 0 bridgehead atoms. The lowest BCUT2D eigenvalue weighted by atomic mass is 9.98. The van der Waals surface area contributed by atoms with Crippen LogP contribution in [-0.4, -0.2) is 53.2 Å². The molecule has 1 aromatic carbocycles. The number of aliphatic carboxylic acids is 1. The fourth-order valence-electron chi connectivity index (χ4n) is 3.30. The number of hydrogen-bond acceptors (Lipinski definition) is 6. The second-order valence-corrected chi connectivity index (χ2v) is 6.32. The number of aromatic nitrogens is 1. The average molecular weight is 358 g/mol. The quantitative estimate of drug-likeness (QED) is 0.896. The number of benzene rings is 1. The van der Waals surface area contributed by atoms with Gasteiger partial charge in [0.1, 0.15) is 13.2 Å². The van der Waals surface area contributed by atoms with Gasteiger partial charge in [-0.15, -0.1) is 0 Å². The van der Waals surface area contributed by atoms with Crippen LogP contribution < -0.4 is 9.47 Å². The van der Waals surface area contributed by atoms with Crippen molar-refractivity contribution in [2.45, 2.75) is 12.8 Å². The molecule has 1 unspecified atom stereocenters. The Balaban J connectivity index is 1.60. The van der Waals surface area contributed by atoms with Crippen LogP contribution >= 0.6 is 0 Å². The normalized spacial score (nSPS) is 19.2. The summed E-state index contributed by atoms with van der Waals surface area (Å²) in [6.45, 7) is 1.65. The molecule has 1 amide bonds. The Kier molecular flexibility index (Phi) is 4.24. The SMILES string of the molecule is O=C(O)C1CCCN(C(=O)c2ncoc2-c2ccc3c(c2)OCCO3)C1. The van der Waals surface area contributed by atoms with E-state index in [1.54, 1.807) is 18.2 Å². The first kappa shape index (κ1) is 16.4. The van der Waals surface area contributed by atoms with E-state index in [-0.39, 0.29) is 18.1 Å². The first-order valence-corrected chi connectivity index (χ1v) is 8.49. The zero-order valence-electron chi connectivity index (χ0n) is 14.0. The minimum absolute atomic E-state index is 0.174. The largest absolute Gasteiger partial charge is 0.486 e. The van der Waals surface area contributed by atoms with Gasteiger partial charge in [-0.1, -0.05) is 0 Å². The molecule has 1 atom stereocenters. The van der Waals surface area contributed by atoms with Gasteiger partial charge in [-0.25, -0.2) is 4.98 Å². The van der Waals surface area contributed by atoms with Gasteiger partial charge in [0.2, 0.25) is 0 Å². The van der Waals surface area contributed by atoms with Crippen LogP contribution in [0.3, 0.4) is 0 Å². The molecule has 1 aromatic heterocycles. The molecule has 0 saturated carbocycles. The summed E-state index contributed by atoms with van der Waals surface area (Å²) in [6.07, 6.45) is 2.45. The molecule has 2 aliphatic heterocycles. The molecule has 3 heterocycles. The molecule has 1 saturated heterocycles. The highest BCUT2D eigenvalue weighted by Gasteiger charge is 2.31. The summed E-state index contributed by atoms with van der Waals surface area (Å²) in [5.74, 6) is -0.175. The van der Waals surface area contributed by atoms with Crippen molar-refractivity contribution in [3.05, 3.63) is 30.3 Å². The topological polar surface area (TPSA) is 102 Å².